The van der Waals surface area contributed by atoms with Crippen molar-refractivity contribution < 1.29 is 19.2 Å². The van der Waals surface area contributed by atoms with Gasteiger partial charge in [0.05, 0.1) is 6.54 Å². The predicted octanol–water partition coefficient (Wildman–Crippen LogP) is 4.94. The largest absolute Gasteiger partial charge is 0.351 e. The predicted molar refractivity (Wildman–Crippen MR) is 170 cm³/mol. The number of nitrogens with zero attached hydrogens (tertiary/aromatic N) is 2. The Balaban J connectivity index is 1.66. The van der Waals surface area contributed by atoms with Gasteiger partial charge in [-0.1, -0.05) is 86.5 Å². The van der Waals surface area contributed by atoms with Crippen LogP contribution in [0.25, 0.3) is 0 Å². The van der Waals surface area contributed by atoms with Crippen molar-refractivity contribution in [3.63, 3.8) is 0 Å². The van der Waals surface area contributed by atoms with Crippen molar-refractivity contribution in [3.05, 3.63) is 111 Å². The number of carbonyl (C=O) groups excluding carboxylic acids is 4. The Morgan fingerprint density at radius 3 is 2.07 bits per heavy atom. The second-order valence-corrected chi connectivity index (χ2v) is 11.6. The lowest BCUT2D eigenvalue weighted by Gasteiger charge is -2.32. The number of halogens is 2. The zero-order chi connectivity index (χ0) is 29.9. The molecule has 0 spiro atoms. The van der Waals surface area contributed by atoms with Gasteiger partial charge in [-0.2, -0.15) is 0 Å². The molecular formula is C32H32Br2N4O4. The van der Waals surface area contributed by atoms with E-state index in [1.807, 2.05) is 54.6 Å². The highest BCUT2D eigenvalue weighted by molar-refractivity contribution is 9.10. The average Bonchev–Trinajstić information content (AvgIpc) is 3.00. The van der Waals surface area contributed by atoms with E-state index in [2.05, 4.69) is 42.5 Å². The molecule has 0 radical (unpaired) electrons. The molecule has 10 heteroatoms. The molecule has 1 atom stereocenters. The summed E-state index contributed by atoms with van der Waals surface area (Å²) in [4.78, 5) is 56.6. The Hall–Kier alpha value is -3.76. The van der Waals surface area contributed by atoms with Crippen LogP contribution >= 0.6 is 31.9 Å². The summed E-state index contributed by atoms with van der Waals surface area (Å²) in [5.41, 5.74) is 2.31. The maximum atomic E-state index is 13.9. The van der Waals surface area contributed by atoms with E-state index in [9.17, 15) is 19.2 Å². The summed E-state index contributed by atoms with van der Waals surface area (Å²) in [5.74, 6) is -1.38. The molecule has 3 aromatic carbocycles. The van der Waals surface area contributed by atoms with E-state index in [0.29, 0.717) is 17.7 Å². The van der Waals surface area contributed by atoms with Crippen molar-refractivity contribution in [3.8, 4) is 0 Å². The van der Waals surface area contributed by atoms with E-state index < -0.39 is 11.9 Å². The van der Waals surface area contributed by atoms with E-state index in [4.69, 9.17) is 0 Å². The molecule has 42 heavy (non-hydrogen) atoms. The molecule has 0 saturated heterocycles. The Kier molecular flexibility index (Phi) is 11.5. The van der Waals surface area contributed by atoms with E-state index >= 15 is 0 Å². The van der Waals surface area contributed by atoms with Gasteiger partial charge in [0.1, 0.15) is 6.04 Å². The standard InChI is InChI=1S/C32H32Br2N4O4/c33-25-10-8-23(9-11-25)18-21-38-30(41)17-16-29(40)37(27-14-12-26(34)13-15-27)20-5-4-19-35-28(39)22-36-32(42)31(38)24-6-2-1-3-7-24/h1-15,31H,16-22H2,(H,35,39)(H,36,42)/b5-4-. The van der Waals surface area contributed by atoms with Gasteiger partial charge in [0.2, 0.25) is 23.6 Å². The molecule has 2 N–H and O–H groups in total. The maximum absolute atomic E-state index is 13.9. The van der Waals surface area contributed by atoms with Crippen LogP contribution in [0.4, 0.5) is 5.69 Å². The van der Waals surface area contributed by atoms with Crippen LogP contribution in [-0.4, -0.2) is 54.7 Å². The lowest BCUT2D eigenvalue weighted by Crippen LogP contribution is -2.47. The minimum atomic E-state index is -0.979. The summed E-state index contributed by atoms with van der Waals surface area (Å²) >= 11 is 6.87. The molecule has 0 fully saturated rings. The molecule has 3 aromatic rings. The Morgan fingerprint density at radius 1 is 0.738 bits per heavy atom. The summed E-state index contributed by atoms with van der Waals surface area (Å²) in [6, 6.07) is 23.2. The molecule has 1 unspecified atom stereocenters. The third kappa shape index (κ3) is 8.87. The highest BCUT2D eigenvalue weighted by atomic mass is 79.9. The highest BCUT2D eigenvalue weighted by Crippen LogP contribution is 2.25. The molecule has 0 saturated carbocycles. The van der Waals surface area contributed by atoms with Crippen molar-refractivity contribution in [1.82, 2.24) is 15.5 Å². The van der Waals surface area contributed by atoms with Crippen LogP contribution in [0.15, 0.2) is 100.0 Å². The lowest BCUT2D eigenvalue weighted by molar-refractivity contribution is -0.141. The maximum Gasteiger partial charge on any atom is 0.247 e. The van der Waals surface area contributed by atoms with Gasteiger partial charge in [-0.15, -0.1) is 0 Å². The number of hydrogen-bond acceptors (Lipinski definition) is 4. The Bertz CT molecular complexity index is 1410. The molecule has 4 rings (SSSR count). The van der Waals surface area contributed by atoms with Gasteiger partial charge in [-0.3, -0.25) is 19.2 Å². The Morgan fingerprint density at radius 2 is 1.38 bits per heavy atom. The quantitative estimate of drug-likeness (QED) is 0.370. The van der Waals surface area contributed by atoms with E-state index in [1.165, 1.54) is 4.90 Å². The van der Waals surface area contributed by atoms with Crippen LogP contribution in [0.2, 0.25) is 0 Å². The number of nitrogens with one attached hydrogen (secondary N) is 2. The number of hydrogen-bond donors (Lipinski definition) is 2. The second kappa shape index (κ2) is 15.5. The topological polar surface area (TPSA) is 98.8 Å². The average molecular weight is 696 g/mol. The van der Waals surface area contributed by atoms with Crippen LogP contribution in [-0.2, 0) is 25.6 Å². The minimum absolute atomic E-state index is 0.0304. The molecule has 0 aliphatic carbocycles. The summed E-state index contributed by atoms with van der Waals surface area (Å²) in [6.07, 6.45) is 3.94. The van der Waals surface area contributed by atoms with Crippen LogP contribution in [0.1, 0.15) is 30.0 Å². The van der Waals surface area contributed by atoms with Crippen LogP contribution in [0, 0.1) is 0 Å². The van der Waals surface area contributed by atoms with E-state index in [0.717, 1.165) is 14.5 Å². The summed E-state index contributed by atoms with van der Waals surface area (Å²) in [6.45, 7) is 0.541. The number of anilines is 1. The number of rotatable bonds is 5. The fourth-order valence-electron chi connectivity index (χ4n) is 4.63. The third-order valence-corrected chi connectivity index (χ3v) is 7.89. The van der Waals surface area contributed by atoms with Crippen LogP contribution in [0.5, 0.6) is 0 Å². The van der Waals surface area contributed by atoms with Crippen molar-refractivity contribution in [2.75, 3.05) is 31.1 Å². The molecule has 1 aliphatic rings. The number of carbonyl (C=O) groups is 4. The van der Waals surface area contributed by atoms with Gasteiger partial charge in [0.25, 0.3) is 0 Å². The van der Waals surface area contributed by atoms with Gasteiger partial charge in [-0.25, -0.2) is 0 Å². The zero-order valence-electron chi connectivity index (χ0n) is 23.0. The zero-order valence-corrected chi connectivity index (χ0v) is 26.1. The first kappa shape index (κ1) is 31.2. The summed E-state index contributed by atoms with van der Waals surface area (Å²) in [7, 11) is 0. The van der Waals surface area contributed by atoms with Crippen molar-refractivity contribution >= 4 is 61.2 Å². The van der Waals surface area contributed by atoms with E-state index in [1.54, 1.807) is 41.3 Å². The molecule has 1 heterocycles. The van der Waals surface area contributed by atoms with Crippen molar-refractivity contribution in [2.24, 2.45) is 0 Å². The van der Waals surface area contributed by atoms with Gasteiger partial charge >= 0.3 is 0 Å². The molecule has 218 valence electrons. The fraction of sp³-hybridized carbons (Fsp3) is 0.250. The molecule has 0 aromatic heterocycles. The number of benzene rings is 3. The van der Waals surface area contributed by atoms with Gasteiger partial charge < -0.3 is 20.4 Å². The Labute approximate surface area is 262 Å². The lowest BCUT2D eigenvalue weighted by atomic mass is 10.0. The SMILES string of the molecule is O=C1CNC(=O)C(c2ccccc2)N(CCc2ccc(Br)cc2)C(=O)CCC(=O)N(c2ccc(Br)cc2)C/C=C\CN1. The minimum Gasteiger partial charge on any atom is -0.351 e. The monoisotopic (exact) mass is 694 g/mol. The molecule has 0 bridgehead atoms. The molecular weight excluding hydrogens is 664 g/mol. The van der Waals surface area contributed by atoms with Crippen molar-refractivity contribution in [2.45, 2.75) is 25.3 Å². The molecule has 1 aliphatic heterocycles. The number of amides is 4. The normalized spacial score (nSPS) is 18.4. The molecule has 8 nitrogen and oxygen atoms in total. The smallest absolute Gasteiger partial charge is 0.247 e. The van der Waals surface area contributed by atoms with Gasteiger partial charge in [0.15, 0.2) is 0 Å². The summed E-state index contributed by atoms with van der Waals surface area (Å²) in [5, 5.41) is 5.46. The first-order chi connectivity index (χ1) is 20.3. The second-order valence-electron chi connectivity index (χ2n) is 9.75. The highest BCUT2D eigenvalue weighted by Gasteiger charge is 2.32. The van der Waals surface area contributed by atoms with Crippen LogP contribution < -0.4 is 15.5 Å². The van der Waals surface area contributed by atoms with Crippen LogP contribution in [0.3, 0.4) is 0 Å². The summed E-state index contributed by atoms with van der Waals surface area (Å²) < 4.78 is 1.82. The fourth-order valence-corrected chi connectivity index (χ4v) is 5.16. The third-order valence-electron chi connectivity index (χ3n) is 6.84. The van der Waals surface area contributed by atoms with E-state index in [-0.39, 0.29) is 56.7 Å². The van der Waals surface area contributed by atoms with Gasteiger partial charge in [-0.05, 0) is 53.9 Å². The molecule has 4 amide bonds. The first-order valence-electron chi connectivity index (χ1n) is 13.7. The van der Waals surface area contributed by atoms with Gasteiger partial charge in [0, 0.05) is 47.1 Å². The van der Waals surface area contributed by atoms with Crippen molar-refractivity contribution in [1.29, 1.82) is 0 Å². The first-order valence-corrected chi connectivity index (χ1v) is 15.2.